The van der Waals surface area contributed by atoms with Crippen LogP contribution in [0.1, 0.15) is 0 Å². The number of halogens is 2. The van der Waals surface area contributed by atoms with Gasteiger partial charge in [0.1, 0.15) is 5.75 Å². The summed E-state index contributed by atoms with van der Waals surface area (Å²) in [7, 11) is -2.33. The molecule has 0 heterocycles. The predicted molar refractivity (Wildman–Crippen MR) is 87.4 cm³/mol. The number of nitrogens with one attached hydrogen (secondary N) is 1. The summed E-state index contributed by atoms with van der Waals surface area (Å²) in [6, 6.07) is 9.00. The molecular weight excluding hydrogens is 380 g/mol. The number of nitrogens with two attached hydrogens (primary N) is 1. The number of hydrogen-bond donors (Lipinski definition) is 2. The minimum Gasteiger partial charge on any atom is -0.495 e. The standard InChI is InChI=1S/C13H12BrClN2O3S/c1-20-13-7-9(3-4-11(13)16)21(18,19)17-12-5-2-8(15)6-10(12)14/h2-7,17H,16H2,1H3. The molecule has 3 N–H and O–H groups in total. The lowest BCUT2D eigenvalue weighted by Crippen LogP contribution is -2.13. The molecule has 0 aliphatic carbocycles. The molecule has 0 radical (unpaired) electrons. The molecule has 0 aliphatic rings. The second-order valence-electron chi connectivity index (χ2n) is 4.13. The van der Waals surface area contributed by atoms with Crippen molar-refractivity contribution in [2.45, 2.75) is 4.90 Å². The molecule has 2 aromatic rings. The van der Waals surface area contributed by atoms with E-state index in [1.165, 1.54) is 25.3 Å². The number of methoxy groups -OCH3 is 1. The van der Waals surface area contributed by atoms with Gasteiger partial charge in [0.15, 0.2) is 0 Å². The van der Waals surface area contributed by atoms with Crippen LogP contribution in [0.25, 0.3) is 0 Å². The van der Waals surface area contributed by atoms with Crippen molar-refractivity contribution in [3.05, 3.63) is 45.9 Å². The molecule has 21 heavy (non-hydrogen) atoms. The molecule has 0 amide bonds. The van der Waals surface area contributed by atoms with Gasteiger partial charge < -0.3 is 10.5 Å². The van der Waals surface area contributed by atoms with Crippen LogP contribution >= 0.6 is 27.5 Å². The molecule has 5 nitrogen and oxygen atoms in total. The van der Waals surface area contributed by atoms with Crippen LogP contribution < -0.4 is 15.2 Å². The highest BCUT2D eigenvalue weighted by atomic mass is 79.9. The predicted octanol–water partition coefficient (Wildman–Crippen LogP) is 3.49. The fourth-order valence-corrected chi connectivity index (χ4v) is 3.64. The summed E-state index contributed by atoms with van der Waals surface area (Å²) in [6.45, 7) is 0. The molecule has 2 rings (SSSR count). The van der Waals surface area contributed by atoms with Gasteiger partial charge in [-0.05, 0) is 46.3 Å². The number of sulfonamides is 1. The van der Waals surface area contributed by atoms with E-state index in [1.807, 2.05) is 0 Å². The maximum atomic E-state index is 12.4. The third kappa shape index (κ3) is 3.61. The van der Waals surface area contributed by atoms with Crippen LogP contribution in [0.4, 0.5) is 11.4 Å². The van der Waals surface area contributed by atoms with E-state index in [1.54, 1.807) is 18.2 Å². The minimum atomic E-state index is -3.76. The van der Waals surface area contributed by atoms with E-state index in [2.05, 4.69) is 20.7 Å². The van der Waals surface area contributed by atoms with Crippen LogP contribution in [0.5, 0.6) is 5.75 Å². The maximum Gasteiger partial charge on any atom is 0.262 e. The fourth-order valence-electron chi connectivity index (χ4n) is 1.63. The first-order chi connectivity index (χ1) is 9.83. The van der Waals surface area contributed by atoms with E-state index in [4.69, 9.17) is 22.1 Å². The molecule has 2 aromatic carbocycles. The molecule has 0 atom stereocenters. The molecule has 0 spiro atoms. The van der Waals surface area contributed by atoms with Crippen molar-refractivity contribution in [2.24, 2.45) is 0 Å². The van der Waals surface area contributed by atoms with Gasteiger partial charge in [0.25, 0.3) is 10.0 Å². The highest BCUT2D eigenvalue weighted by molar-refractivity contribution is 9.10. The molecule has 0 fully saturated rings. The third-order valence-corrected chi connectivity index (χ3v) is 4.95. The lowest BCUT2D eigenvalue weighted by atomic mass is 10.3. The van der Waals surface area contributed by atoms with E-state index in [0.29, 0.717) is 26.6 Å². The average molecular weight is 392 g/mol. The number of hydrogen-bond acceptors (Lipinski definition) is 4. The highest BCUT2D eigenvalue weighted by Gasteiger charge is 2.17. The highest BCUT2D eigenvalue weighted by Crippen LogP contribution is 2.30. The van der Waals surface area contributed by atoms with Crippen molar-refractivity contribution < 1.29 is 13.2 Å². The van der Waals surface area contributed by atoms with Crippen molar-refractivity contribution in [3.8, 4) is 5.75 Å². The van der Waals surface area contributed by atoms with Gasteiger partial charge in [-0.2, -0.15) is 0 Å². The van der Waals surface area contributed by atoms with Crippen LogP contribution in [0.15, 0.2) is 45.8 Å². The zero-order valence-electron chi connectivity index (χ0n) is 10.9. The molecule has 8 heteroatoms. The van der Waals surface area contributed by atoms with Crippen LogP contribution in [-0.2, 0) is 10.0 Å². The van der Waals surface area contributed by atoms with Gasteiger partial charge >= 0.3 is 0 Å². The van der Waals surface area contributed by atoms with E-state index >= 15 is 0 Å². The first-order valence-corrected chi connectivity index (χ1v) is 8.40. The Morgan fingerprint density at radius 2 is 1.95 bits per heavy atom. The second-order valence-corrected chi connectivity index (χ2v) is 7.11. The summed E-state index contributed by atoms with van der Waals surface area (Å²) < 4.78 is 32.8. The monoisotopic (exact) mass is 390 g/mol. The van der Waals surface area contributed by atoms with Crippen molar-refractivity contribution in [2.75, 3.05) is 17.6 Å². The number of ether oxygens (including phenoxy) is 1. The normalized spacial score (nSPS) is 11.2. The Kier molecular flexibility index (Phi) is 4.65. The van der Waals surface area contributed by atoms with Crippen LogP contribution in [0.3, 0.4) is 0 Å². The van der Waals surface area contributed by atoms with Crippen LogP contribution in [-0.4, -0.2) is 15.5 Å². The lowest BCUT2D eigenvalue weighted by Gasteiger charge is -2.12. The minimum absolute atomic E-state index is 0.0513. The lowest BCUT2D eigenvalue weighted by molar-refractivity contribution is 0.415. The summed E-state index contributed by atoms with van der Waals surface area (Å²) in [6.07, 6.45) is 0. The quantitative estimate of drug-likeness (QED) is 0.782. The van der Waals surface area contributed by atoms with Crippen molar-refractivity contribution in [3.63, 3.8) is 0 Å². The number of anilines is 2. The Morgan fingerprint density at radius 1 is 1.24 bits per heavy atom. The van der Waals surface area contributed by atoms with E-state index in [0.717, 1.165) is 0 Å². The molecular formula is C13H12BrClN2O3S. The Labute approximate surface area is 136 Å². The molecule has 0 saturated carbocycles. The van der Waals surface area contributed by atoms with Crippen LogP contribution in [0.2, 0.25) is 5.02 Å². The molecule has 112 valence electrons. The van der Waals surface area contributed by atoms with Crippen molar-refractivity contribution in [1.82, 2.24) is 0 Å². The topological polar surface area (TPSA) is 81.4 Å². The molecule has 0 saturated heterocycles. The fraction of sp³-hybridized carbons (Fsp3) is 0.0769. The average Bonchev–Trinajstić information content (AvgIpc) is 2.42. The number of benzene rings is 2. The van der Waals surface area contributed by atoms with Gasteiger partial charge in [-0.3, -0.25) is 4.72 Å². The Hall–Kier alpha value is -1.44. The Morgan fingerprint density at radius 3 is 2.57 bits per heavy atom. The van der Waals surface area contributed by atoms with Gasteiger partial charge in [-0.25, -0.2) is 8.42 Å². The van der Waals surface area contributed by atoms with E-state index < -0.39 is 10.0 Å². The van der Waals surface area contributed by atoms with Crippen molar-refractivity contribution >= 4 is 48.9 Å². The maximum absolute atomic E-state index is 12.4. The van der Waals surface area contributed by atoms with E-state index in [9.17, 15) is 8.42 Å². The largest absolute Gasteiger partial charge is 0.495 e. The summed E-state index contributed by atoms with van der Waals surface area (Å²) >= 11 is 9.08. The summed E-state index contributed by atoms with van der Waals surface area (Å²) in [5.41, 5.74) is 6.42. The van der Waals surface area contributed by atoms with Gasteiger partial charge in [-0.1, -0.05) is 11.6 Å². The second kappa shape index (κ2) is 6.13. The number of nitrogen functional groups attached to an aromatic ring is 1. The zero-order valence-corrected chi connectivity index (χ0v) is 14.1. The third-order valence-electron chi connectivity index (χ3n) is 2.69. The van der Waals surface area contributed by atoms with Crippen LogP contribution in [0, 0.1) is 0 Å². The summed E-state index contributed by atoms with van der Waals surface area (Å²) in [5, 5.41) is 0.499. The molecule has 0 bridgehead atoms. The molecule has 0 aromatic heterocycles. The van der Waals surface area contributed by atoms with Gasteiger partial charge in [0.2, 0.25) is 0 Å². The smallest absolute Gasteiger partial charge is 0.262 e. The first-order valence-electron chi connectivity index (χ1n) is 5.75. The number of rotatable bonds is 4. The van der Waals surface area contributed by atoms with Gasteiger partial charge in [0.05, 0.1) is 23.4 Å². The Balaban J connectivity index is 2.38. The van der Waals surface area contributed by atoms with Crippen molar-refractivity contribution in [1.29, 1.82) is 0 Å². The molecule has 0 unspecified atom stereocenters. The summed E-state index contributed by atoms with van der Waals surface area (Å²) in [5.74, 6) is 0.299. The van der Waals surface area contributed by atoms with Gasteiger partial charge in [0, 0.05) is 15.6 Å². The van der Waals surface area contributed by atoms with Gasteiger partial charge in [-0.15, -0.1) is 0 Å². The molecule has 0 aliphatic heterocycles. The Bertz CT molecular complexity index is 781. The first kappa shape index (κ1) is 15.9. The zero-order chi connectivity index (χ0) is 15.6. The SMILES string of the molecule is COc1cc(S(=O)(=O)Nc2ccc(Cl)cc2Br)ccc1N. The summed E-state index contributed by atoms with van der Waals surface area (Å²) in [4.78, 5) is 0.0513. The van der Waals surface area contributed by atoms with E-state index in [-0.39, 0.29) is 4.90 Å².